The fourth-order valence-corrected chi connectivity index (χ4v) is 3.04. The van der Waals surface area contributed by atoms with Crippen molar-refractivity contribution in [2.45, 2.75) is 20.3 Å². The SMILES string of the molecule is Cc1nc(Cc2nc(C(=O)O)cs2)sc1C. The van der Waals surface area contributed by atoms with Crippen molar-refractivity contribution in [1.29, 1.82) is 0 Å². The van der Waals surface area contributed by atoms with Crippen LogP contribution in [0.25, 0.3) is 0 Å². The minimum Gasteiger partial charge on any atom is -0.476 e. The average molecular weight is 254 g/mol. The number of carbonyl (C=O) groups is 1. The van der Waals surface area contributed by atoms with Crippen LogP contribution in [0.4, 0.5) is 0 Å². The summed E-state index contributed by atoms with van der Waals surface area (Å²) in [7, 11) is 0. The molecule has 4 nitrogen and oxygen atoms in total. The minimum atomic E-state index is -0.978. The molecule has 0 spiro atoms. The van der Waals surface area contributed by atoms with E-state index in [0.717, 1.165) is 15.7 Å². The van der Waals surface area contributed by atoms with Crippen molar-refractivity contribution in [3.8, 4) is 0 Å². The number of rotatable bonds is 3. The molecule has 16 heavy (non-hydrogen) atoms. The highest BCUT2D eigenvalue weighted by atomic mass is 32.1. The van der Waals surface area contributed by atoms with Crippen LogP contribution in [0, 0.1) is 13.8 Å². The van der Waals surface area contributed by atoms with E-state index in [0.29, 0.717) is 6.42 Å². The second-order valence-electron chi connectivity index (χ2n) is 3.36. The maximum atomic E-state index is 10.7. The summed E-state index contributed by atoms with van der Waals surface area (Å²) in [6.45, 7) is 4.00. The van der Waals surface area contributed by atoms with E-state index >= 15 is 0 Å². The second kappa shape index (κ2) is 4.31. The highest BCUT2D eigenvalue weighted by Gasteiger charge is 2.11. The van der Waals surface area contributed by atoms with E-state index in [4.69, 9.17) is 5.11 Å². The maximum Gasteiger partial charge on any atom is 0.355 e. The molecule has 6 heteroatoms. The number of hydrogen-bond acceptors (Lipinski definition) is 5. The van der Waals surface area contributed by atoms with Gasteiger partial charge in [0.2, 0.25) is 0 Å². The molecule has 0 bridgehead atoms. The van der Waals surface area contributed by atoms with Gasteiger partial charge in [0.15, 0.2) is 5.69 Å². The standard InChI is InChI=1S/C10H10N2O2S2/c1-5-6(2)16-9(11-5)3-8-12-7(4-15-8)10(13)14/h4H,3H2,1-2H3,(H,13,14). The number of aryl methyl sites for hydroxylation is 2. The van der Waals surface area contributed by atoms with Crippen molar-refractivity contribution in [1.82, 2.24) is 9.97 Å². The molecule has 0 radical (unpaired) electrons. The van der Waals surface area contributed by atoms with Crippen LogP contribution in [0.2, 0.25) is 0 Å². The van der Waals surface area contributed by atoms with Crippen LogP contribution in [-0.4, -0.2) is 21.0 Å². The van der Waals surface area contributed by atoms with Crippen LogP contribution in [0.15, 0.2) is 5.38 Å². The molecule has 0 aromatic carbocycles. The summed E-state index contributed by atoms with van der Waals surface area (Å²) in [5.74, 6) is -0.978. The number of carboxylic acids is 1. The van der Waals surface area contributed by atoms with Gasteiger partial charge in [0.05, 0.1) is 17.1 Å². The molecule has 0 aliphatic heterocycles. The summed E-state index contributed by atoms with van der Waals surface area (Å²) >= 11 is 3.00. The minimum absolute atomic E-state index is 0.116. The lowest BCUT2D eigenvalue weighted by Gasteiger charge is -1.89. The van der Waals surface area contributed by atoms with Gasteiger partial charge in [-0.05, 0) is 13.8 Å². The molecular weight excluding hydrogens is 244 g/mol. The molecule has 0 unspecified atom stereocenters. The summed E-state index contributed by atoms with van der Waals surface area (Å²) in [5, 5.41) is 12.1. The van der Waals surface area contributed by atoms with Crippen molar-refractivity contribution in [3.63, 3.8) is 0 Å². The molecule has 2 heterocycles. The number of thiazole rings is 2. The van der Waals surface area contributed by atoms with Gasteiger partial charge in [-0.25, -0.2) is 14.8 Å². The Kier molecular flexibility index (Phi) is 3.02. The monoisotopic (exact) mass is 254 g/mol. The Hall–Kier alpha value is -1.27. The van der Waals surface area contributed by atoms with Gasteiger partial charge < -0.3 is 5.11 Å². The number of aromatic nitrogens is 2. The van der Waals surface area contributed by atoms with E-state index < -0.39 is 5.97 Å². The zero-order chi connectivity index (χ0) is 11.7. The summed E-state index contributed by atoms with van der Waals surface area (Å²) in [6, 6.07) is 0. The van der Waals surface area contributed by atoms with E-state index in [2.05, 4.69) is 9.97 Å². The number of hydrogen-bond donors (Lipinski definition) is 1. The van der Waals surface area contributed by atoms with E-state index in [9.17, 15) is 4.79 Å². The van der Waals surface area contributed by atoms with Crippen LogP contribution in [0.5, 0.6) is 0 Å². The summed E-state index contributed by atoms with van der Waals surface area (Å²) in [4.78, 5) is 20.3. The highest BCUT2D eigenvalue weighted by molar-refractivity contribution is 7.12. The van der Waals surface area contributed by atoms with Crippen LogP contribution < -0.4 is 0 Å². The van der Waals surface area contributed by atoms with E-state index in [-0.39, 0.29) is 5.69 Å². The zero-order valence-electron chi connectivity index (χ0n) is 8.85. The third kappa shape index (κ3) is 2.28. The molecule has 84 valence electrons. The molecule has 0 atom stereocenters. The lowest BCUT2D eigenvalue weighted by Crippen LogP contribution is -1.96. The Balaban J connectivity index is 2.17. The summed E-state index contributed by atoms with van der Waals surface area (Å²) in [6.07, 6.45) is 0.622. The highest BCUT2D eigenvalue weighted by Crippen LogP contribution is 2.21. The predicted molar refractivity (Wildman–Crippen MR) is 63.5 cm³/mol. The van der Waals surface area contributed by atoms with Gasteiger partial charge in [0, 0.05) is 10.3 Å². The number of carboxylic acid groups (broad SMARTS) is 1. The molecule has 0 aliphatic rings. The predicted octanol–water partition coefficient (Wildman–Crippen LogP) is 2.51. The topological polar surface area (TPSA) is 63.1 Å². The molecule has 0 saturated carbocycles. The smallest absolute Gasteiger partial charge is 0.355 e. The first kappa shape index (κ1) is 11.2. The van der Waals surface area contributed by atoms with Crippen molar-refractivity contribution < 1.29 is 9.90 Å². The molecule has 0 fully saturated rings. The summed E-state index contributed by atoms with van der Waals surface area (Å²) < 4.78 is 0. The Bertz CT molecular complexity index is 511. The largest absolute Gasteiger partial charge is 0.476 e. The third-order valence-corrected chi connectivity index (χ3v) is 4.07. The van der Waals surface area contributed by atoms with E-state index in [1.807, 2.05) is 13.8 Å². The molecule has 0 amide bonds. The molecular formula is C10H10N2O2S2. The van der Waals surface area contributed by atoms with Crippen molar-refractivity contribution >= 4 is 28.6 Å². The molecule has 1 N–H and O–H groups in total. The first-order chi connectivity index (χ1) is 7.56. The molecule has 2 rings (SSSR count). The van der Waals surface area contributed by atoms with Gasteiger partial charge in [-0.15, -0.1) is 22.7 Å². The Morgan fingerprint density at radius 1 is 1.38 bits per heavy atom. The van der Waals surface area contributed by atoms with Crippen LogP contribution in [0.1, 0.15) is 31.1 Å². The van der Waals surface area contributed by atoms with Gasteiger partial charge in [-0.2, -0.15) is 0 Å². The summed E-state index contributed by atoms with van der Waals surface area (Å²) in [5.41, 5.74) is 1.15. The van der Waals surface area contributed by atoms with E-state index in [1.54, 1.807) is 16.7 Å². The molecule has 2 aromatic rings. The first-order valence-corrected chi connectivity index (χ1v) is 6.36. The fraction of sp³-hybridized carbons (Fsp3) is 0.300. The number of aromatic carboxylic acids is 1. The average Bonchev–Trinajstić information content (AvgIpc) is 2.76. The quantitative estimate of drug-likeness (QED) is 0.914. The second-order valence-corrected chi connectivity index (χ2v) is 5.59. The Morgan fingerprint density at radius 3 is 2.62 bits per heavy atom. The van der Waals surface area contributed by atoms with Crippen LogP contribution >= 0.6 is 22.7 Å². The maximum absolute atomic E-state index is 10.7. The molecule has 2 aromatic heterocycles. The Morgan fingerprint density at radius 2 is 2.12 bits per heavy atom. The third-order valence-electron chi connectivity index (χ3n) is 2.15. The van der Waals surface area contributed by atoms with Gasteiger partial charge in [-0.3, -0.25) is 0 Å². The van der Waals surface area contributed by atoms with Crippen molar-refractivity contribution in [2.75, 3.05) is 0 Å². The van der Waals surface area contributed by atoms with Gasteiger partial charge in [0.1, 0.15) is 5.01 Å². The molecule has 0 aliphatic carbocycles. The lowest BCUT2D eigenvalue weighted by molar-refractivity contribution is 0.0691. The van der Waals surface area contributed by atoms with Gasteiger partial charge in [-0.1, -0.05) is 0 Å². The molecule has 0 saturated heterocycles. The normalized spacial score (nSPS) is 10.6. The zero-order valence-corrected chi connectivity index (χ0v) is 10.5. The van der Waals surface area contributed by atoms with E-state index in [1.165, 1.54) is 16.2 Å². The fourth-order valence-electron chi connectivity index (χ4n) is 1.23. The van der Waals surface area contributed by atoms with Crippen molar-refractivity contribution in [3.05, 3.63) is 31.7 Å². The Labute approximate surface area is 101 Å². The lowest BCUT2D eigenvalue weighted by atomic mass is 10.4. The first-order valence-electron chi connectivity index (χ1n) is 4.67. The van der Waals surface area contributed by atoms with Gasteiger partial charge in [0.25, 0.3) is 0 Å². The van der Waals surface area contributed by atoms with Crippen LogP contribution in [0.3, 0.4) is 0 Å². The number of nitrogens with zero attached hydrogens (tertiary/aromatic N) is 2. The van der Waals surface area contributed by atoms with Gasteiger partial charge >= 0.3 is 5.97 Å². The van der Waals surface area contributed by atoms with Crippen molar-refractivity contribution in [2.24, 2.45) is 0 Å². The van der Waals surface area contributed by atoms with Crippen LogP contribution in [-0.2, 0) is 6.42 Å².